The number of carbonyl (C=O) groups excluding carboxylic acids is 1. The van der Waals surface area contributed by atoms with Crippen LogP contribution in [0, 0.1) is 11.8 Å². The van der Waals surface area contributed by atoms with Crippen LogP contribution in [0.5, 0.6) is 0 Å². The third-order valence-corrected chi connectivity index (χ3v) is 4.99. The monoisotopic (exact) mass is 317 g/mol. The quantitative estimate of drug-likeness (QED) is 0.803. The van der Waals surface area contributed by atoms with E-state index in [9.17, 15) is 9.59 Å². The maximum absolute atomic E-state index is 12.2. The molecule has 2 atom stereocenters. The van der Waals surface area contributed by atoms with Crippen LogP contribution in [0.1, 0.15) is 68.3 Å². The smallest absolute Gasteiger partial charge is 0.335 e. The second kappa shape index (κ2) is 7.62. The highest BCUT2D eigenvalue weighted by molar-refractivity contribution is 5.87. The molecule has 23 heavy (non-hydrogen) atoms. The van der Waals surface area contributed by atoms with Crippen molar-refractivity contribution in [2.45, 2.75) is 58.4 Å². The average molecular weight is 317 g/mol. The van der Waals surface area contributed by atoms with Crippen LogP contribution >= 0.6 is 0 Å². The van der Waals surface area contributed by atoms with E-state index in [4.69, 9.17) is 5.11 Å². The highest BCUT2D eigenvalue weighted by atomic mass is 16.4. The van der Waals surface area contributed by atoms with Crippen LogP contribution in [0.3, 0.4) is 0 Å². The van der Waals surface area contributed by atoms with Gasteiger partial charge in [0.05, 0.1) is 5.56 Å². The first-order valence-corrected chi connectivity index (χ1v) is 8.54. The summed E-state index contributed by atoms with van der Waals surface area (Å²) in [6.07, 6.45) is 3.82. The molecule has 4 heteroatoms. The topological polar surface area (TPSA) is 66.4 Å². The van der Waals surface area contributed by atoms with E-state index in [2.05, 4.69) is 19.2 Å². The van der Waals surface area contributed by atoms with Crippen LogP contribution in [-0.2, 0) is 4.79 Å². The summed E-state index contributed by atoms with van der Waals surface area (Å²) < 4.78 is 0. The van der Waals surface area contributed by atoms with E-state index < -0.39 is 5.97 Å². The van der Waals surface area contributed by atoms with Crippen molar-refractivity contribution in [2.75, 3.05) is 0 Å². The lowest BCUT2D eigenvalue weighted by Gasteiger charge is -2.37. The van der Waals surface area contributed by atoms with Crippen molar-refractivity contribution in [3.05, 3.63) is 35.4 Å². The zero-order valence-electron chi connectivity index (χ0n) is 14.2. The molecule has 1 aromatic carbocycles. The second-order valence-electron chi connectivity index (χ2n) is 6.95. The fraction of sp³-hybridized carbons (Fsp3) is 0.579. The molecule has 1 saturated carbocycles. The number of hydrogen-bond acceptors (Lipinski definition) is 2. The van der Waals surface area contributed by atoms with Crippen LogP contribution in [0.25, 0.3) is 0 Å². The molecule has 1 aliphatic rings. The third kappa shape index (κ3) is 4.57. The molecule has 0 saturated heterocycles. The van der Waals surface area contributed by atoms with Crippen molar-refractivity contribution in [2.24, 2.45) is 11.8 Å². The number of carboxylic acid groups (broad SMARTS) is 1. The molecule has 4 nitrogen and oxygen atoms in total. The summed E-state index contributed by atoms with van der Waals surface area (Å²) in [6.45, 7) is 6.32. The molecule has 1 aliphatic carbocycles. The fourth-order valence-corrected chi connectivity index (χ4v) is 3.15. The summed E-state index contributed by atoms with van der Waals surface area (Å²) in [5.74, 6) is 0.232. The SMILES string of the molecule is CCC(C)CC(C)C(=O)NC1CC(c2cccc(C(=O)O)c2)C1. The molecule has 2 rings (SSSR count). The summed E-state index contributed by atoms with van der Waals surface area (Å²) >= 11 is 0. The lowest BCUT2D eigenvalue weighted by Crippen LogP contribution is -2.45. The van der Waals surface area contributed by atoms with Gasteiger partial charge in [0.25, 0.3) is 0 Å². The molecule has 2 N–H and O–H groups in total. The van der Waals surface area contributed by atoms with Gasteiger partial charge in [-0.3, -0.25) is 4.79 Å². The van der Waals surface area contributed by atoms with Gasteiger partial charge >= 0.3 is 5.97 Å². The van der Waals surface area contributed by atoms with Gasteiger partial charge in [0.15, 0.2) is 0 Å². The van der Waals surface area contributed by atoms with E-state index >= 15 is 0 Å². The number of benzene rings is 1. The highest BCUT2D eigenvalue weighted by Gasteiger charge is 2.32. The Morgan fingerprint density at radius 3 is 2.61 bits per heavy atom. The summed E-state index contributed by atoms with van der Waals surface area (Å²) in [5.41, 5.74) is 1.39. The summed E-state index contributed by atoms with van der Waals surface area (Å²) in [5, 5.41) is 12.2. The van der Waals surface area contributed by atoms with E-state index in [-0.39, 0.29) is 17.9 Å². The largest absolute Gasteiger partial charge is 0.478 e. The number of carboxylic acids is 1. The molecule has 0 bridgehead atoms. The Kier molecular flexibility index (Phi) is 5.80. The van der Waals surface area contributed by atoms with Crippen molar-refractivity contribution in [3.63, 3.8) is 0 Å². The molecule has 0 radical (unpaired) electrons. The zero-order valence-corrected chi connectivity index (χ0v) is 14.2. The Labute approximate surface area is 138 Å². The van der Waals surface area contributed by atoms with E-state index in [1.165, 1.54) is 0 Å². The number of carbonyl (C=O) groups is 2. The number of rotatable bonds is 7. The molecule has 0 heterocycles. The molecular formula is C19H27NO3. The zero-order chi connectivity index (χ0) is 17.0. The minimum Gasteiger partial charge on any atom is -0.478 e. The first-order valence-electron chi connectivity index (χ1n) is 8.54. The van der Waals surface area contributed by atoms with Gasteiger partial charge < -0.3 is 10.4 Å². The van der Waals surface area contributed by atoms with Crippen molar-refractivity contribution in [3.8, 4) is 0 Å². The highest BCUT2D eigenvalue weighted by Crippen LogP contribution is 2.37. The van der Waals surface area contributed by atoms with Crippen molar-refractivity contribution < 1.29 is 14.7 Å². The Balaban J connectivity index is 1.82. The van der Waals surface area contributed by atoms with E-state index in [0.29, 0.717) is 17.4 Å². The van der Waals surface area contributed by atoms with Gasteiger partial charge in [0, 0.05) is 12.0 Å². The minimum atomic E-state index is -0.894. The van der Waals surface area contributed by atoms with Gasteiger partial charge in [0.2, 0.25) is 5.91 Å². The van der Waals surface area contributed by atoms with Crippen molar-refractivity contribution in [1.82, 2.24) is 5.32 Å². The molecule has 2 unspecified atom stereocenters. The van der Waals surface area contributed by atoms with E-state index in [0.717, 1.165) is 31.2 Å². The summed E-state index contributed by atoms with van der Waals surface area (Å²) in [6, 6.07) is 7.34. The average Bonchev–Trinajstić information content (AvgIpc) is 2.49. The molecule has 0 spiro atoms. The normalized spacial score (nSPS) is 22.7. The van der Waals surface area contributed by atoms with Crippen LogP contribution < -0.4 is 5.32 Å². The summed E-state index contributed by atoms with van der Waals surface area (Å²) in [7, 11) is 0. The van der Waals surface area contributed by atoms with Crippen LogP contribution in [0.15, 0.2) is 24.3 Å². The number of hydrogen-bond donors (Lipinski definition) is 2. The minimum absolute atomic E-state index is 0.0549. The van der Waals surface area contributed by atoms with Crippen LogP contribution in [0.2, 0.25) is 0 Å². The van der Waals surface area contributed by atoms with Gasteiger partial charge in [-0.1, -0.05) is 39.3 Å². The number of amides is 1. The number of nitrogens with one attached hydrogen (secondary N) is 1. The predicted molar refractivity (Wildman–Crippen MR) is 90.5 cm³/mol. The molecule has 1 fully saturated rings. The molecule has 1 amide bonds. The lowest BCUT2D eigenvalue weighted by atomic mass is 9.75. The van der Waals surface area contributed by atoms with Gasteiger partial charge in [-0.25, -0.2) is 4.79 Å². The first-order chi connectivity index (χ1) is 10.9. The lowest BCUT2D eigenvalue weighted by molar-refractivity contribution is -0.126. The first kappa shape index (κ1) is 17.5. The Morgan fingerprint density at radius 1 is 1.30 bits per heavy atom. The fourth-order valence-electron chi connectivity index (χ4n) is 3.15. The summed E-state index contributed by atoms with van der Waals surface area (Å²) in [4.78, 5) is 23.2. The number of aromatic carboxylic acids is 1. The Bertz CT molecular complexity index is 563. The van der Waals surface area contributed by atoms with Crippen molar-refractivity contribution in [1.29, 1.82) is 0 Å². The second-order valence-corrected chi connectivity index (χ2v) is 6.95. The molecule has 0 aliphatic heterocycles. The van der Waals surface area contributed by atoms with Gasteiger partial charge in [-0.15, -0.1) is 0 Å². The Hall–Kier alpha value is -1.84. The van der Waals surface area contributed by atoms with Gasteiger partial charge in [-0.2, -0.15) is 0 Å². The molecule has 0 aromatic heterocycles. The van der Waals surface area contributed by atoms with Crippen molar-refractivity contribution >= 4 is 11.9 Å². The maximum Gasteiger partial charge on any atom is 0.335 e. The van der Waals surface area contributed by atoms with Gasteiger partial charge in [0.1, 0.15) is 0 Å². The molecule has 1 aromatic rings. The van der Waals surface area contributed by atoms with E-state index in [1.54, 1.807) is 18.2 Å². The van der Waals surface area contributed by atoms with Gasteiger partial charge in [-0.05, 0) is 48.8 Å². The third-order valence-electron chi connectivity index (χ3n) is 4.99. The van der Waals surface area contributed by atoms with Crippen LogP contribution in [0.4, 0.5) is 0 Å². The van der Waals surface area contributed by atoms with E-state index in [1.807, 2.05) is 13.0 Å². The van der Waals surface area contributed by atoms with Crippen LogP contribution in [-0.4, -0.2) is 23.0 Å². The molecule has 126 valence electrons. The maximum atomic E-state index is 12.2. The Morgan fingerprint density at radius 2 is 2.00 bits per heavy atom. The standard InChI is InChI=1S/C19H27NO3/c1-4-12(2)8-13(3)18(21)20-17-10-16(11-17)14-6-5-7-15(9-14)19(22)23/h5-7,9,12-13,16-17H,4,8,10-11H2,1-3H3,(H,20,21)(H,22,23). The predicted octanol–water partition coefficient (Wildman–Crippen LogP) is 3.82. The molecular weight excluding hydrogens is 290 g/mol.